The maximum Gasteiger partial charge on any atom is 0.220 e. The van der Waals surface area contributed by atoms with Gasteiger partial charge in [-0.15, -0.1) is 0 Å². The first kappa shape index (κ1) is 16.9. The lowest BCUT2D eigenvalue weighted by molar-refractivity contribution is -0.123. The van der Waals surface area contributed by atoms with Gasteiger partial charge in [-0.3, -0.25) is 9.59 Å². The molecule has 1 heterocycles. The third-order valence-corrected chi connectivity index (χ3v) is 4.64. The molecule has 1 saturated heterocycles. The Bertz CT molecular complexity index is 442. The Hall–Kier alpha value is -1.15. The minimum atomic E-state index is -3.11. The number of amides is 2. The smallest absolute Gasteiger partial charge is 0.220 e. The quantitative estimate of drug-likeness (QED) is 0.634. The van der Waals surface area contributed by atoms with Gasteiger partial charge in [-0.25, -0.2) is 12.7 Å². The molecule has 0 aliphatic carbocycles. The predicted molar refractivity (Wildman–Crippen MR) is 75.5 cm³/mol. The highest BCUT2D eigenvalue weighted by Crippen LogP contribution is 2.21. The molecule has 116 valence electrons. The minimum Gasteiger partial charge on any atom is -0.355 e. The number of carbonyl (C=O) groups excluding carboxylic acids is 2. The summed E-state index contributed by atoms with van der Waals surface area (Å²) < 4.78 is 24.2. The highest BCUT2D eigenvalue weighted by atomic mass is 32.2. The first-order valence-electron chi connectivity index (χ1n) is 6.75. The van der Waals surface area contributed by atoms with E-state index in [0.29, 0.717) is 45.4 Å². The van der Waals surface area contributed by atoms with E-state index in [1.54, 1.807) is 0 Å². The van der Waals surface area contributed by atoms with Crippen LogP contribution in [0.2, 0.25) is 0 Å². The van der Waals surface area contributed by atoms with E-state index < -0.39 is 10.0 Å². The Morgan fingerprint density at radius 3 is 2.20 bits per heavy atom. The zero-order valence-electron chi connectivity index (χ0n) is 12.0. The van der Waals surface area contributed by atoms with Crippen LogP contribution in [-0.2, 0) is 19.6 Å². The summed E-state index contributed by atoms with van der Waals surface area (Å²) in [5.74, 6) is 0.0642. The van der Waals surface area contributed by atoms with Gasteiger partial charge in [-0.1, -0.05) is 0 Å². The summed E-state index contributed by atoms with van der Waals surface area (Å²) in [4.78, 5) is 22.3. The molecule has 0 saturated carbocycles. The van der Waals surface area contributed by atoms with Crippen molar-refractivity contribution in [1.82, 2.24) is 14.9 Å². The number of rotatable bonds is 6. The topological polar surface area (TPSA) is 95.6 Å². The number of hydrogen-bond acceptors (Lipinski definition) is 4. The van der Waals surface area contributed by atoms with Gasteiger partial charge in [0.15, 0.2) is 0 Å². The van der Waals surface area contributed by atoms with Gasteiger partial charge in [0.05, 0.1) is 6.26 Å². The maximum atomic E-state index is 11.7. The summed E-state index contributed by atoms with van der Waals surface area (Å²) in [5.41, 5.74) is 0. The minimum absolute atomic E-state index is 0.0480. The van der Waals surface area contributed by atoms with Crippen LogP contribution in [0, 0.1) is 5.92 Å². The van der Waals surface area contributed by atoms with Crippen molar-refractivity contribution < 1.29 is 18.0 Å². The Balaban J connectivity index is 2.20. The van der Waals surface area contributed by atoms with Crippen molar-refractivity contribution in [3.63, 3.8) is 0 Å². The molecule has 0 aromatic heterocycles. The van der Waals surface area contributed by atoms with E-state index in [-0.39, 0.29) is 17.7 Å². The molecule has 2 N–H and O–H groups in total. The van der Waals surface area contributed by atoms with E-state index in [1.165, 1.54) is 17.5 Å². The fraction of sp³-hybridized carbons (Fsp3) is 0.833. The molecule has 7 nitrogen and oxygen atoms in total. The van der Waals surface area contributed by atoms with Crippen molar-refractivity contribution in [1.29, 1.82) is 0 Å². The molecule has 2 amide bonds. The van der Waals surface area contributed by atoms with Crippen LogP contribution in [0.4, 0.5) is 0 Å². The average Bonchev–Trinajstić information content (AvgIpc) is 2.34. The summed E-state index contributed by atoms with van der Waals surface area (Å²) in [6, 6.07) is 0. The molecule has 1 rings (SSSR count). The molecule has 0 bridgehead atoms. The van der Waals surface area contributed by atoms with Crippen LogP contribution in [-0.4, -0.2) is 57.0 Å². The van der Waals surface area contributed by atoms with Gasteiger partial charge in [0.1, 0.15) is 0 Å². The van der Waals surface area contributed by atoms with Gasteiger partial charge in [0.2, 0.25) is 21.8 Å². The van der Waals surface area contributed by atoms with Crippen LogP contribution in [0.25, 0.3) is 0 Å². The van der Waals surface area contributed by atoms with E-state index in [2.05, 4.69) is 10.6 Å². The summed E-state index contributed by atoms with van der Waals surface area (Å²) in [5, 5.41) is 5.34. The van der Waals surface area contributed by atoms with Crippen molar-refractivity contribution in [2.75, 3.05) is 32.4 Å². The summed E-state index contributed by atoms with van der Waals surface area (Å²) in [6.07, 6.45) is 3.05. The van der Waals surface area contributed by atoms with Crippen LogP contribution in [0.15, 0.2) is 0 Å². The first-order valence-corrected chi connectivity index (χ1v) is 8.60. The number of sulfonamides is 1. The monoisotopic (exact) mass is 305 g/mol. The van der Waals surface area contributed by atoms with Gasteiger partial charge < -0.3 is 10.6 Å². The van der Waals surface area contributed by atoms with Crippen molar-refractivity contribution >= 4 is 21.8 Å². The van der Waals surface area contributed by atoms with E-state index in [0.717, 1.165) is 0 Å². The van der Waals surface area contributed by atoms with Crippen molar-refractivity contribution in [3.8, 4) is 0 Å². The molecular weight excluding hydrogens is 282 g/mol. The standard InChI is InChI=1S/C12H23N3O4S/c1-10(16)13-5-6-14-12(17)9-11-3-7-15(8-4-11)20(2,18)19/h11H,3-9H2,1-2H3,(H,13,16)(H,14,17). The fourth-order valence-corrected chi connectivity index (χ4v) is 3.09. The lowest BCUT2D eigenvalue weighted by atomic mass is 9.94. The van der Waals surface area contributed by atoms with Crippen molar-refractivity contribution in [3.05, 3.63) is 0 Å². The number of nitrogens with one attached hydrogen (secondary N) is 2. The normalized spacial score (nSPS) is 17.7. The summed E-state index contributed by atoms with van der Waals surface area (Å²) >= 11 is 0. The fourth-order valence-electron chi connectivity index (χ4n) is 2.22. The van der Waals surface area contributed by atoms with E-state index in [9.17, 15) is 18.0 Å². The summed E-state index contributed by atoms with van der Waals surface area (Å²) in [7, 11) is -3.11. The van der Waals surface area contributed by atoms with Gasteiger partial charge in [-0.05, 0) is 18.8 Å². The molecular formula is C12H23N3O4S. The average molecular weight is 305 g/mol. The molecule has 1 fully saturated rings. The lowest BCUT2D eigenvalue weighted by Gasteiger charge is -2.29. The third kappa shape index (κ3) is 6.33. The molecule has 1 aliphatic heterocycles. The molecule has 1 aliphatic rings. The molecule has 0 aromatic carbocycles. The van der Waals surface area contributed by atoms with Gasteiger partial charge in [-0.2, -0.15) is 0 Å². The highest BCUT2D eigenvalue weighted by molar-refractivity contribution is 7.88. The van der Waals surface area contributed by atoms with Gasteiger partial charge >= 0.3 is 0 Å². The number of hydrogen-bond donors (Lipinski definition) is 2. The largest absolute Gasteiger partial charge is 0.355 e. The molecule has 0 atom stereocenters. The Labute approximate surface area is 120 Å². The Morgan fingerprint density at radius 2 is 1.70 bits per heavy atom. The maximum absolute atomic E-state index is 11.7. The van der Waals surface area contributed by atoms with E-state index >= 15 is 0 Å². The third-order valence-electron chi connectivity index (χ3n) is 3.34. The van der Waals surface area contributed by atoms with E-state index in [4.69, 9.17) is 0 Å². The van der Waals surface area contributed by atoms with Crippen molar-refractivity contribution in [2.24, 2.45) is 5.92 Å². The predicted octanol–water partition coefficient (Wildman–Crippen LogP) is -0.700. The van der Waals surface area contributed by atoms with Crippen LogP contribution in [0.3, 0.4) is 0 Å². The molecule has 0 unspecified atom stereocenters. The molecule has 0 radical (unpaired) electrons. The molecule has 0 aromatic rings. The zero-order valence-corrected chi connectivity index (χ0v) is 12.8. The van der Waals surface area contributed by atoms with Gasteiger partial charge in [0.25, 0.3) is 0 Å². The van der Waals surface area contributed by atoms with Crippen LogP contribution >= 0.6 is 0 Å². The van der Waals surface area contributed by atoms with Crippen molar-refractivity contribution in [2.45, 2.75) is 26.2 Å². The van der Waals surface area contributed by atoms with Crippen LogP contribution in [0.1, 0.15) is 26.2 Å². The zero-order chi connectivity index (χ0) is 15.2. The summed E-state index contributed by atoms with van der Waals surface area (Å²) in [6.45, 7) is 3.25. The second kappa shape index (κ2) is 7.58. The van der Waals surface area contributed by atoms with E-state index in [1.807, 2.05) is 0 Å². The van der Waals surface area contributed by atoms with Gasteiger partial charge in [0, 0.05) is 39.5 Å². The molecule has 20 heavy (non-hydrogen) atoms. The SMILES string of the molecule is CC(=O)NCCNC(=O)CC1CCN(S(C)(=O)=O)CC1. The second-order valence-electron chi connectivity index (χ2n) is 5.14. The van der Waals surface area contributed by atoms with Crippen LogP contribution < -0.4 is 10.6 Å². The highest BCUT2D eigenvalue weighted by Gasteiger charge is 2.25. The number of piperidine rings is 1. The lowest BCUT2D eigenvalue weighted by Crippen LogP contribution is -2.39. The Kier molecular flexibility index (Phi) is 6.41. The first-order chi connectivity index (χ1) is 9.29. The number of carbonyl (C=O) groups is 2. The molecule has 8 heteroatoms. The number of nitrogens with zero attached hydrogens (tertiary/aromatic N) is 1. The molecule has 0 spiro atoms. The second-order valence-corrected chi connectivity index (χ2v) is 7.12. The Morgan fingerprint density at radius 1 is 1.15 bits per heavy atom. The van der Waals surface area contributed by atoms with Crippen LogP contribution in [0.5, 0.6) is 0 Å².